The molecule has 3 aromatic rings. The van der Waals surface area contributed by atoms with Gasteiger partial charge in [0.25, 0.3) is 0 Å². The molecule has 0 aliphatic carbocycles. The molecule has 1 amide bonds. The van der Waals surface area contributed by atoms with E-state index in [0.29, 0.717) is 18.0 Å². The van der Waals surface area contributed by atoms with Gasteiger partial charge in [0.15, 0.2) is 11.5 Å². The first-order valence-corrected chi connectivity index (χ1v) is 8.87. The molecule has 26 heavy (non-hydrogen) atoms. The van der Waals surface area contributed by atoms with Gasteiger partial charge in [0.2, 0.25) is 5.91 Å². The van der Waals surface area contributed by atoms with Crippen LogP contribution in [0.5, 0.6) is 11.5 Å². The molecule has 132 valence electrons. The third-order valence-electron chi connectivity index (χ3n) is 4.51. The number of phenols is 1. The maximum Gasteiger partial charge on any atom is 0.226 e. The molecule has 7 heteroatoms. The van der Waals surface area contributed by atoms with Crippen LogP contribution in [0.4, 0.5) is 5.82 Å². The Morgan fingerprint density at radius 3 is 2.88 bits per heavy atom. The number of halogens is 1. The second-order valence-corrected chi connectivity index (χ2v) is 6.90. The van der Waals surface area contributed by atoms with Crippen LogP contribution in [-0.4, -0.2) is 27.9 Å². The monoisotopic (exact) mass is 413 g/mol. The zero-order valence-corrected chi connectivity index (χ0v) is 15.5. The van der Waals surface area contributed by atoms with E-state index < -0.39 is 0 Å². The first kappa shape index (κ1) is 16.7. The topological polar surface area (TPSA) is 76.4 Å². The molecular weight excluding hydrogens is 398 g/mol. The first-order chi connectivity index (χ1) is 12.6. The fraction of sp³-hybridized carbons (Fsp3) is 0.158. The summed E-state index contributed by atoms with van der Waals surface area (Å²) >= 11 is 3.53. The van der Waals surface area contributed by atoms with Crippen molar-refractivity contribution in [1.82, 2.24) is 9.78 Å². The number of para-hydroxylation sites is 1. The van der Waals surface area contributed by atoms with Crippen LogP contribution in [0.2, 0.25) is 0 Å². The number of nitrogens with zero attached hydrogens (tertiary/aromatic N) is 2. The summed E-state index contributed by atoms with van der Waals surface area (Å²) in [6, 6.07) is 12.8. The number of hydrogen-bond acceptors (Lipinski definition) is 4. The van der Waals surface area contributed by atoms with Crippen molar-refractivity contribution in [3.63, 3.8) is 0 Å². The first-order valence-electron chi connectivity index (χ1n) is 8.08. The summed E-state index contributed by atoms with van der Waals surface area (Å²) in [5, 5.41) is 17.3. The Kier molecular flexibility index (Phi) is 4.16. The van der Waals surface area contributed by atoms with Crippen molar-refractivity contribution in [3.05, 3.63) is 64.3 Å². The smallest absolute Gasteiger partial charge is 0.226 e. The average Bonchev–Trinajstić information content (AvgIpc) is 3.05. The van der Waals surface area contributed by atoms with Crippen molar-refractivity contribution < 1.29 is 14.6 Å². The predicted molar refractivity (Wildman–Crippen MR) is 101 cm³/mol. The molecular formula is C19H16BrN3O3. The lowest BCUT2D eigenvalue weighted by molar-refractivity contribution is -0.116. The SMILES string of the molecule is COc1cc(C2CC(=O)Nc3c2cnn3-c2ccccc2Br)ccc1O. The molecule has 6 nitrogen and oxygen atoms in total. The van der Waals surface area contributed by atoms with E-state index in [1.807, 2.05) is 24.3 Å². The zero-order valence-electron chi connectivity index (χ0n) is 13.9. The number of fused-ring (bicyclic) bond motifs is 1. The van der Waals surface area contributed by atoms with Gasteiger partial charge in [-0.15, -0.1) is 0 Å². The van der Waals surface area contributed by atoms with Gasteiger partial charge in [-0.05, 0) is 45.8 Å². The lowest BCUT2D eigenvalue weighted by Crippen LogP contribution is -2.24. The summed E-state index contributed by atoms with van der Waals surface area (Å²) in [4.78, 5) is 12.4. The van der Waals surface area contributed by atoms with Crippen LogP contribution < -0.4 is 10.1 Å². The third kappa shape index (κ3) is 2.74. The fourth-order valence-corrected chi connectivity index (χ4v) is 3.69. The highest BCUT2D eigenvalue weighted by Gasteiger charge is 2.31. The number of phenolic OH excluding ortho intramolecular Hbond substituents is 1. The Labute approximate surface area is 158 Å². The van der Waals surface area contributed by atoms with E-state index in [1.54, 1.807) is 29.1 Å². The van der Waals surface area contributed by atoms with Gasteiger partial charge in [-0.3, -0.25) is 4.79 Å². The number of aromatic nitrogens is 2. The Morgan fingerprint density at radius 2 is 2.12 bits per heavy atom. The largest absolute Gasteiger partial charge is 0.504 e. The van der Waals surface area contributed by atoms with Crippen molar-refractivity contribution >= 4 is 27.7 Å². The number of nitrogens with one attached hydrogen (secondary N) is 1. The summed E-state index contributed by atoms with van der Waals surface area (Å²) in [6.45, 7) is 0. The quantitative estimate of drug-likeness (QED) is 0.683. The molecule has 0 radical (unpaired) electrons. The van der Waals surface area contributed by atoms with Crippen molar-refractivity contribution in [3.8, 4) is 17.2 Å². The van der Waals surface area contributed by atoms with Crippen LogP contribution in [0.25, 0.3) is 5.69 Å². The highest BCUT2D eigenvalue weighted by Crippen LogP contribution is 2.41. The Balaban J connectivity index is 1.83. The van der Waals surface area contributed by atoms with Gasteiger partial charge in [-0.1, -0.05) is 18.2 Å². The van der Waals surface area contributed by atoms with E-state index in [4.69, 9.17) is 4.74 Å². The summed E-state index contributed by atoms with van der Waals surface area (Å²) in [5.41, 5.74) is 2.66. The third-order valence-corrected chi connectivity index (χ3v) is 5.18. The summed E-state index contributed by atoms with van der Waals surface area (Å²) in [7, 11) is 1.50. The Hall–Kier alpha value is -2.80. The van der Waals surface area contributed by atoms with Crippen LogP contribution in [0.1, 0.15) is 23.5 Å². The molecule has 2 aromatic carbocycles. The number of hydrogen-bond donors (Lipinski definition) is 2. The molecule has 0 bridgehead atoms. The minimum atomic E-state index is -0.163. The van der Waals surface area contributed by atoms with Gasteiger partial charge in [-0.2, -0.15) is 5.10 Å². The molecule has 1 aliphatic heterocycles. The van der Waals surface area contributed by atoms with Gasteiger partial charge in [0, 0.05) is 22.4 Å². The lowest BCUT2D eigenvalue weighted by Gasteiger charge is -2.24. The van der Waals surface area contributed by atoms with Crippen LogP contribution in [0.15, 0.2) is 53.1 Å². The van der Waals surface area contributed by atoms with Crippen molar-refractivity contribution in [2.75, 3.05) is 12.4 Å². The van der Waals surface area contributed by atoms with E-state index in [-0.39, 0.29) is 17.6 Å². The number of anilines is 1. The van der Waals surface area contributed by atoms with Gasteiger partial charge >= 0.3 is 0 Å². The highest BCUT2D eigenvalue weighted by molar-refractivity contribution is 9.10. The predicted octanol–water partition coefficient (Wildman–Crippen LogP) is 3.82. The van der Waals surface area contributed by atoms with Gasteiger partial charge in [-0.25, -0.2) is 4.68 Å². The minimum absolute atomic E-state index is 0.0700. The van der Waals surface area contributed by atoms with Crippen LogP contribution in [0, 0.1) is 0 Å². The van der Waals surface area contributed by atoms with Crippen molar-refractivity contribution in [1.29, 1.82) is 0 Å². The highest BCUT2D eigenvalue weighted by atomic mass is 79.9. The Morgan fingerprint density at radius 1 is 1.31 bits per heavy atom. The molecule has 0 saturated heterocycles. The standard InChI is InChI=1S/C19H16BrN3O3/c1-26-17-8-11(6-7-16(17)24)12-9-18(25)22-19-13(12)10-21-23(19)15-5-3-2-4-14(15)20/h2-8,10,12,24H,9H2,1H3,(H,22,25). The number of benzene rings is 2. The molecule has 0 fully saturated rings. The van der Waals surface area contributed by atoms with E-state index in [9.17, 15) is 9.90 Å². The number of methoxy groups -OCH3 is 1. The molecule has 1 aromatic heterocycles. The van der Waals surface area contributed by atoms with Crippen LogP contribution >= 0.6 is 15.9 Å². The second kappa shape index (κ2) is 6.49. The number of amides is 1. The van der Waals surface area contributed by atoms with Crippen molar-refractivity contribution in [2.45, 2.75) is 12.3 Å². The number of ether oxygens (including phenoxy) is 1. The maximum atomic E-state index is 12.4. The number of carbonyl (C=O) groups is 1. The molecule has 4 rings (SSSR count). The van der Waals surface area contributed by atoms with E-state index in [2.05, 4.69) is 26.3 Å². The van der Waals surface area contributed by atoms with E-state index in [1.165, 1.54) is 7.11 Å². The zero-order chi connectivity index (χ0) is 18.3. The molecule has 0 saturated carbocycles. The maximum absolute atomic E-state index is 12.4. The minimum Gasteiger partial charge on any atom is -0.504 e. The van der Waals surface area contributed by atoms with Gasteiger partial charge in [0.1, 0.15) is 5.82 Å². The van der Waals surface area contributed by atoms with E-state index in [0.717, 1.165) is 21.3 Å². The molecule has 1 atom stereocenters. The van der Waals surface area contributed by atoms with Crippen molar-refractivity contribution in [2.24, 2.45) is 0 Å². The number of rotatable bonds is 3. The molecule has 1 unspecified atom stereocenters. The normalized spacial score (nSPS) is 16.1. The fourth-order valence-electron chi connectivity index (χ4n) is 3.23. The number of aromatic hydroxyl groups is 1. The van der Waals surface area contributed by atoms with E-state index >= 15 is 0 Å². The Bertz CT molecular complexity index is 999. The van der Waals surface area contributed by atoms with Gasteiger partial charge < -0.3 is 15.2 Å². The second-order valence-electron chi connectivity index (χ2n) is 6.05. The lowest BCUT2D eigenvalue weighted by atomic mass is 9.87. The van der Waals surface area contributed by atoms with Crippen LogP contribution in [-0.2, 0) is 4.79 Å². The average molecular weight is 414 g/mol. The molecule has 0 spiro atoms. The molecule has 2 N–H and O–H groups in total. The van der Waals surface area contributed by atoms with Gasteiger partial charge in [0.05, 0.1) is 19.0 Å². The van der Waals surface area contributed by atoms with Crippen LogP contribution in [0.3, 0.4) is 0 Å². The number of carbonyl (C=O) groups excluding carboxylic acids is 1. The summed E-state index contributed by atoms with van der Waals surface area (Å²) in [6.07, 6.45) is 2.08. The summed E-state index contributed by atoms with van der Waals surface area (Å²) < 4.78 is 7.81. The molecule has 1 aliphatic rings. The summed E-state index contributed by atoms with van der Waals surface area (Å²) in [5.74, 6) is 0.867. The molecule has 2 heterocycles.